The van der Waals surface area contributed by atoms with E-state index < -0.39 is 19.5 Å². The smallest absolute Gasteiger partial charge is 0.324 e. The van der Waals surface area contributed by atoms with Crippen molar-refractivity contribution >= 4 is 13.4 Å². The third-order valence-corrected chi connectivity index (χ3v) is 3.64. The molecular weight excluding hydrogens is 337 g/mol. The summed E-state index contributed by atoms with van der Waals surface area (Å²) in [5.41, 5.74) is 2.93. The van der Waals surface area contributed by atoms with Crippen molar-refractivity contribution in [1.82, 2.24) is 0 Å². The van der Waals surface area contributed by atoms with Gasteiger partial charge in [0.15, 0.2) is 0 Å². The minimum atomic E-state index is -4.45. The highest BCUT2D eigenvalue weighted by molar-refractivity contribution is 7.52. The fraction of sp³-hybridized carbons (Fsp3) is 0.588. The van der Waals surface area contributed by atoms with Crippen molar-refractivity contribution in [3.63, 3.8) is 0 Å². The van der Waals surface area contributed by atoms with Crippen molar-refractivity contribution in [3.8, 4) is 0 Å². The van der Waals surface area contributed by atoms with Crippen LogP contribution >= 0.6 is 7.60 Å². The van der Waals surface area contributed by atoms with Crippen LogP contribution in [0.3, 0.4) is 0 Å². The first-order chi connectivity index (χ1) is 10.8. The summed E-state index contributed by atoms with van der Waals surface area (Å²) < 4.78 is 41.2. The summed E-state index contributed by atoms with van der Waals surface area (Å²) in [6, 6.07) is 0. The van der Waals surface area contributed by atoms with Crippen LogP contribution in [0.15, 0.2) is 34.9 Å². The molecule has 0 aliphatic heterocycles. The zero-order valence-electron chi connectivity index (χ0n) is 14.9. The number of rotatable bonds is 10. The Morgan fingerprint density at radius 1 is 1.08 bits per heavy atom. The molecule has 0 fully saturated rings. The number of hydrogen-bond donors (Lipinski definition) is 1. The molecule has 24 heavy (non-hydrogen) atoms. The minimum absolute atomic E-state index is 0.449. The molecule has 0 aromatic rings. The molecule has 0 heterocycles. The number of alkyl halides is 2. The Bertz CT molecular complexity index is 567. The number of carbonyl (C=O) groups excluding carboxylic acids is 1. The van der Waals surface area contributed by atoms with E-state index in [4.69, 9.17) is 4.89 Å². The number of ketones is 1. The van der Waals surface area contributed by atoms with Crippen LogP contribution in [-0.2, 0) is 13.9 Å². The largest absolute Gasteiger partial charge is 0.426 e. The van der Waals surface area contributed by atoms with Crippen LogP contribution in [0.2, 0.25) is 0 Å². The standard InChI is InChI=1S/C17H27F2O4P/c1-13(2)8-6-9-14(3)10-7-11-15(4)12-16(20)17(18,19)23-24(5,21)22/h8,10,12H,6-7,9,11H2,1-5H3,(H,21,22). The second-order valence-electron chi connectivity index (χ2n) is 6.18. The van der Waals surface area contributed by atoms with Gasteiger partial charge in [0.05, 0.1) is 0 Å². The van der Waals surface area contributed by atoms with Crippen LogP contribution in [0.25, 0.3) is 0 Å². The molecule has 0 saturated heterocycles. The number of carbonyl (C=O) groups is 1. The maximum Gasteiger partial charge on any atom is 0.426 e. The molecule has 1 N–H and O–H groups in total. The normalized spacial score (nSPS) is 15.8. The number of allylic oxidation sites excluding steroid dienone is 5. The first-order valence-corrected chi connectivity index (χ1v) is 9.75. The predicted octanol–water partition coefficient (Wildman–Crippen LogP) is 5.40. The Morgan fingerprint density at radius 2 is 1.58 bits per heavy atom. The first-order valence-electron chi connectivity index (χ1n) is 7.73. The Morgan fingerprint density at radius 3 is 2.08 bits per heavy atom. The second-order valence-corrected chi connectivity index (χ2v) is 7.96. The molecule has 0 amide bonds. The highest BCUT2D eigenvalue weighted by atomic mass is 31.2. The molecular formula is C17H27F2O4P. The third kappa shape index (κ3) is 11.4. The van der Waals surface area contributed by atoms with E-state index in [1.54, 1.807) is 6.92 Å². The van der Waals surface area contributed by atoms with Gasteiger partial charge >= 0.3 is 13.7 Å². The van der Waals surface area contributed by atoms with Gasteiger partial charge in [-0.1, -0.05) is 28.9 Å². The fourth-order valence-corrected chi connectivity index (χ4v) is 2.39. The molecule has 4 nitrogen and oxygen atoms in total. The van der Waals surface area contributed by atoms with Crippen LogP contribution in [-0.4, -0.2) is 23.5 Å². The lowest BCUT2D eigenvalue weighted by atomic mass is 10.1. The van der Waals surface area contributed by atoms with Gasteiger partial charge in [0.2, 0.25) is 0 Å². The summed E-state index contributed by atoms with van der Waals surface area (Å²) in [6.07, 6.45) is 3.61. The van der Waals surface area contributed by atoms with Crippen molar-refractivity contribution in [2.75, 3.05) is 6.66 Å². The summed E-state index contributed by atoms with van der Waals surface area (Å²) in [5.74, 6) is -1.62. The van der Waals surface area contributed by atoms with Gasteiger partial charge < -0.3 is 4.89 Å². The van der Waals surface area contributed by atoms with Gasteiger partial charge in [0.25, 0.3) is 5.78 Å². The summed E-state index contributed by atoms with van der Waals surface area (Å²) in [6.45, 7) is 8.25. The van der Waals surface area contributed by atoms with E-state index in [-0.39, 0.29) is 0 Å². The predicted molar refractivity (Wildman–Crippen MR) is 92.2 cm³/mol. The van der Waals surface area contributed by atoms with Gasteiger partial charge in [-0.05, 0) is 59.5 Å². The van der Waals surface area contributed by atoms with Gasteiger partial charge in [-0.3, -0.25) is 9.36 Å². The highest BCUT2D eigenvalue weighted by Crippen LogP contribution is 2.43. The number of halogens is 2. The van der Waals surface area contributed by atoms with Crippen molar-refractivity contribution in [1.29, 1.82) is 0 Å². The first kappa shape index (κ1) is 22.9. The number of hydrogen-bond acceptors (Lipinski definition) is 3. The lowest BCUT2D eigenvalue weighted by molar-refractivity contribution is -0.187. The average molecular weight is 364 g/mol. The Hall–Kier alpha value is -1.10. The molecule has 0 aromatic heterocycles. The van der Waals surface area contributed by atoms with Crippen molar-refractivity contribution in [2.45, 2.75) is 59.5 Å². The molecule has 0 radical (unpaired) electrons. The lowest BCUT2D eigenvalue weighted by Crippen LogP contribution is -2.29. The monoisotopic (exact) mass is 364 g/mol. The van der Waals surface area contributed by atoms with Crippen LogP contribution in [0.5, 0.6) is 0 Å². The molecule has 138 valence electrons. The summed E-state index contributed by atoms with van der Waals surface area (Å²) in [5, 5.41) is 0. The molecule has 7 heteroatoms. The van der Waals surface area contributed by atoms with E-state index in [0.717, 1.165) is 18.9 Å². The summed E-state index contributed by atoms with van der Waals surface area (Å²) >= 11 is 0. The third-order valence-electron chi connectivity index (χ3n) is 3.07. The summed E-state index contributed by atoms with van der Waals surface area (Å²) in [7, 11) is -4.45. The topological polar surface area (TPSA) is 63.6 Å². The van der Waals surface area contributed by atoms with Gasteiger partial charge in [-0.25, -0.2) is 4.52 Å². The molecule has 0 bridgehead atoms. The van der Waals surface area contributed by atoms with Gasteiger partial charge in [-0.2, -0.15) is 8.78 Å². The van der Waals surface area contributed by atoms with Gasteiger partial charge in [0.1, 0.15) is 0 Å². The molecule has 0 aliphatic carbocycles. The molecule has 0 rings (SSSR count). The van der Waals surface area contributed by atoms with Gasteiger partial charge in [-0.15, -0.1) is 0 Å². The van der Waals surface area contributed by atoms with E-state index in [1.807, 2.05) is 26.8 Å². The molecule has 1 unspecified atom stereocenters. The maximum absolute atomic E-state index is 13.4. The van der Waals surface area contributed by atoms with Crippen LogP contribution in [0, 0.1) is 0 Å². The van der Waals surface area contributed by atoms with Crippen LogP contribution in [0.1, 0.15) is 53.4 Å². The maximum atomic E-state index is 13.4. The van der Waals surface area contributed by atoms with Crippen molar-refractivity contribution < 1.29 is 27.6 Å². The van der Waals surface area contributed by atoms with E-state index in [0.29, 0.717) is 25.1 Å². The average Bonchev–Trinajstić information content (AvgIpc) is 2.35. The molecule has 0 saturated carbocycles. The van der Waals surface area contributed by atoms with Crippen LogP contribution < -0.4 is 0 Å². The molecule has 1 atom stereocenters. The van der Waals surface area contributed by atoms with Gasteiger partial charge in [0, 0.05) is 6.66 Å². The molecule has 0 spiro atoms. The Kier molecular flexibility index (Phi) is 9.56. The quantitative estimate of drug-likeness (QED) is 0.320. The Labute approximate surface area is 142 Å². The minimum Gasteiger partial charge on any atom is -0.324 e. The Balaban J connectivity index is 4.53. The fourth-order valence-electron chi connectivity index (χ4n) is 1.87. The molecule has 0 aromatic carbocycles. The van der Waals surface area contributed by atoms with E-state index in [2.05, 4.69) is 10.6 Å². The zero-order chi connectivity index (χ0) is 19.0. The SMILES string of the molecule is CC(C)=CCCC(C)=CCCC(C)=CC(=O)C(F)(F)OP(C)(=O)O. The van der Waals surface area contributed by atoms with E-state index in [1.165, 1.54) is 11.1 Å². The van der Waals surface area contributed by atoms with Crippen molar-refractivity contribution in [2.24, 2.45) is 0 Å². The van der Waals surface area contributed by atoms with Crippen molar-refractivity contribution in [3.05, 3.63) is 34.9 Å². The van der Waals surface area contributed by atoms with Crippen LogP contribution in [0.4, 0.5) is 8.78 Å². The lowest BCUT2D eigenvalue weighted by Gasteiger charge is -2.15. The molecule has 0 aliphatic rings. The second kappa shape index (κ2) is 10.0. The highest BCUT2D eigenvalue weighted by Gasteiger charge is 2.43. The van der Waals surface area contributed by atoms with E-state index in [9.17, 15) is 18.1 Å². The summed E-state index contributed by atoms with van der Waals surface area (Å²) in [4.78, 5) is 20.3. The van der Waals surface area contributed by atoms with E-state index >= 15 is 0 Å². The zero-order valence-corrected chi connectivity index (χ0v) is 15.8.